The summed E-state index contributed by atoms with van der Waals surface area (Å²) in [5.74, 6) is 0.627. The summed E-state index contributed by atoms with van der Waals surface area (Å²) >= 11 is 5.43. The van der Waals surface area contributed by atoms with Crippen molar-refractivity contribution in [3.05, 3.63) is 0 Å². The van der Waals surface area contributed by atoms with Crippen LogP contribution in [0.3, 0.4) is 0 Å². The van der Waals surface area contributed by atoms with Gasteiger partial charge in [0, 0.05) is 19.0 Å². The number of rotatable bonds is 4. The molecule has 0 spiro atoms. The standard InChI is InChI=1S/C5H12ClNO/c1-3-7(8-2)5-4-6/h3-5H2,1-2H3. The highest BCUT2D eigenvalue weighted by atomic mass is 35.5. The number of hydrogen-bond donors (Lipinski definition) is 0. The average Bonchev–Trinajstić information content (AvgIpc) is 1.83. The van der Waals surface area contributed by atoms with E-state index in [0.29, 0.717) is 5.88 Å². The lowest BCUT2D eigenvalue weighted by Gasteiger charge is -2.14. The van der Waals surface area contributed by atoms with Gasteiger partial charge in [-0.1, -0.05) is 6.92 Å². The summed E-state index contributed by atoms with van der Waals surface area (Å²) in [6, 6.07) is 0. The number of halogens is 1. The smallest absolute Gasteiger partial charge is 0.0575 e. The van der Waals surface area contributed by atoms with Crippen molar-refractivity contribution in [1.29, 1.82) is 0 Å². The summed E-state index contributed by atoms with van der Waals surface area (Å²) in [5, 5.41) is 1.80. The predicted octanol–water partition coefficient (Wildman–Crippen LogP) is 1.11. The van der Waals surface area contributed by atoms with Crippen LogP contribution >= 0.6 is 11.6 Å². The molecule has 50 valence electrons. The second-order valence-corrected chi connectivity index (χ2v) is 1.77. The second kappa shape index (κ2) is 5.35. The summed E-state index contributed by atoms with van der Waals surface area (Å²) in [5.41, 5.74) is 0. The molecule has 0 atom stereocenters. The van der Waals surface area contributed by atoms with Crippen molar-refractivity contribution in [3.8, 4) is 0 Å². The molecule has 8 heavy (non-hydrogen) atoms. The van der Waals surface area contributed by atoms with E-state index in [-0.39, 0.29) is 0 Å². The van der Waals surface area contributed by atoms with Crippen LogP contribution in [-0.2, 0) is 4.84 Å². The molecular formula is C5H12ClNO. The van der Waals surface area contributed by atoms with Gasteiger partial charge in [-0.05, 0) is 0 Å². The Morgan fingerprint density at radius 2 is 2.25 bits per heavy atom. The molecule has 3 heteroatoms. The van der Waals surface area contributed by atoms with Crippen molar-refractivity contribution in [2.75, 3.05) is 26.1 Å². The number of alkyl halides is 1. The lowest BCUT2D eigenvalue weighted by Crippen LogP contribution is -2.23. The van der Waals surface area contributed by atoms with Crippen LogP contribution < -0.4 is 0 Å². The van der Waals surface area contributed by atoms with Gasteiger partial charge >= 0.3 is 0 Å². The van der Waals surface area contributed by atoms with Crippen molar-refractivity contribution in [2.24, 2.45) is 0 Å². The quantitative estimate of drug-likeness (QED) is 0.425. The third-order valence-electron chi connectivity index (χ3n) is 0.945. The van der Waals surface area contributed by atoms with Crippen LogP contribution in [0.5, 0.6) is 0 Å². The van der Waals surface area contributed by atoms with Crippen LogP contribution in [0.4, 0.5) is 0 Å². The molecule has 0 saturated heterocycles. The van der Waals surface area contributed by atoms with Gasteiger partial charge in [-0.25, -0.2) is 0 Å². The topological polar surface area (TPSA) is 12.5 Å². The summed E-state index contributed by atoms with van der Waals surface area (Å²) in [6.45, 7) is 3.72. The molecule has 0 fully saturated rings. The zero-order chi connectivity index (χ0) is 6.41. The van der Waals surface area contributed by atoms with E-state index in [1.54, 1.807) is 12.2 Å². The largest absolute Gasteiger partial charge is 0.302 e. The number of nitrogens with zero attached hydrogens (tertiary/aromatic N) is 1. The van der Waals surface area contributed by atoms with Crippen molar-refractivity contribution < 1.29 is 4.84 Å². The molecule has 0 aromatic carbocycles. The number of hydroxylamine groups is 2. The van der Waals surface area contributed by atoms with Gasteiger partial charge in [0.1, 0.15) is 0 Å². The van der Waals surface area contributed by atoms with Gasteiger partial charge in [-0.2, -0.15) is 5.06 Å². The maximum absolute atomic E-state index is 5.43. The molecule has 0 rings (SSSR count). The molecule has 0 aromatic rings. The molecule has 0 aliphatic heterocycles. The van der Waals surface area contributed by atoms with Crippen molar-refractivity contribution in [1.82, 2.24) is 5.06 Å². The highest BCUT2D eigenvalue weighted by Crippen LogP contribution is 1.86. The van der Waals surface area contributed by atoms with Crippen LogP contribution in [0, 0.1) is 0 Å². The average molecular weight is 138 g/mol. The minimum absolute atomic E-state index is 0.627. The summed E-state index contributed by atoms with van der Waals surface area (Å²) in [7, 11) is 1.65. The monoisotopic (exact) mass is 137 g/mol. The third kappa shape index (κ3) is 3.24. The van der Waals surface area contributed by atoms with Gasteiger partial charge in [-0.15, -0.1) is 11.6 Å². The molecule has 0 aliphatic carbocycles. The Bertz CT molecular complexity index is 47.7. The Morgan fingerprint density at radius 3 is 2.38 bits per heavy atom. The molecule has 0 aromatic heterocycles. The highest BCUT2D eigenvalue weighted by molar-refractivity contribution is 6.18. The molecule has 0 heterocycles. The van der Waals surface area contributed by atoms with Crippen molar-refractivity contribution in [2.45, 2.75) is 6.92 Å². The lowest BCUT2D eigenvalue weighted by molar-refractivity contribution is -0.122. The van der Waals surface area contributed by atoms with Crippen LogP contribution in [0.1, 0.15) is 6.92 Å². The van der Waals surface area contributed by atoms with Crippen LogP contribution in [0.25, 0.3) is 0 Å². The maximum Gasteiger partial charge on any atom is 0.0575 e. The Hall–Kier alpha value is 0.210. The Kier molecular flexibility index (Phi) is 5.49. The molecule has 0 unspecified atom stereocenters. The fourth-order valence-electron chi connectivity index (χ4n) is 0.473. The van der Waals surface area contributed by atoms with Gasteiger partial charge in [-0.3, -0.25) is 0 Å². The van der Waals surface area contributed by atoms with Gasteiger partial charge in [0.15, 0.2) is 0 Å². The summed E-state index contributed by atoms with van der Waals surface area (Å²) in [6.07, 6.45) is 0. The van der Waals surface area contributed by atoms with E-state index >= 15 is 0 Å². The fourth-order valence-corrected chi connectivity index (χ4v) is 0.661. The Labute approximate surface area is 55.3 Å². The minimum atomic E-state index is 0.627. The highest BCUT2D eigenvalue weighted by Gasteiger charge is 1.94. The normalized spacial score (nSPS) is 10.5. The van der Waals surface area contributed by atoms with E-state index in [9.17, 15) is 0 Å². The Morgan fingerprint density at radius 1 is 1.62 bits per heavy atom. The van der Waals surface area contributed by atoms with Gasteiger partial charge < -0.3 is 4.84 Å². The molecule has 0 radical (unpaired) electrons. The van der Waals surface area contributed by atoms with Crippen LogP contribution in [0.15, 0.2) is 0 Å². The van der Waals surface area contributed by atoms with E-state index in [1.165, 1.54) is 0 Å². The molecule has 2 nitrogen and oxygen atoms in total. The van der Waals surface area contributed by atoms with Crippen LogP contribution in [0.2, 0.25) is 0 Å². The zero-order valence-corrected chi connectivity index (χ0v) is 6.11. The van der Waals surface area contributed by atoms with E-state index in [0.717, 1.165) is 13.1 Å². The first-order valence-electron chi connectivity index (χ1n) is 2.70. The van der Waals surface area contributed by atoms with E-state index in [4.69, 9.17) is 16.4 Å². The van der Waals surface area contributed by atoms with Crippen LogP contribution in [-0.4, -0.2) is 31.1 Å². The third-order valence-corrected chi connectivity index (χ3v) is 1.11. The molecule has 0 bridgehead atoms. The van der Waals surface area contributed by atoms with Gasteiger partial charge in [0.05, 0.1) is 7.11 Å². The summed E-state index contributed by atoms with van der Waals surface area (Å²) < 4.78 is 0. The van der Waals surface area contributed by atoms with E-state index < -0.39 is 0 Å². The first-order chi connectivity index (χ1) is 3.85. The minimum Gasteiger partial charge on any atom is -0.302 e. The molecule has 0 aliphatic rings. The van der Waals surface area contributed by atoms with Crippen molar-refractivity contribution >= 4 is 11.6 Å². The summed E-state index contributed by atoms with van der Waals surface area (Å²) in [4.78, 5) is 4.89. The van der Waals surface area contributed by atoms with Gasteiger partial charge in [0.2, 0.25) is 0 Å². The predicted molar refractivity (Wildman–Crippen MR) is 35.0 cm³/mol. The Balaban J connectivity index is 3.07. The molecule has 0 saturated carbocycles. The molecule has 0 amide bonds. The zero-order valence-electron chi connectivity index (χ0n) is 5.35. The van der Waals surface area contributed by atoms with E-state index in [2.05, 4.69) is 0 Å². The van der Waals surface area contributed by atoms with Crippen molar-refractivity contribution in [3.63, 3.8) is 0 Å². The molecular weight excluding hydrogens is 126 g/mol. The number of hydrogen-bond acceptors (Lipinski definition) is 2. The maximum atomic E-state index is 5.43. The van der Waals surface area contributed by atoms with Gasteiger partial charge in [0.25, 0.3) is 0 Å². The second-order valence-electron chi connectivity index (χ2n) is 1.39. The SMILES string of the molecule is CCN(CCCl)OC. The fraction of sp³-hybridized carbons (Fsp3) is 1.00. The van der Waals surface area contributed by atoms with E-state index in [1.807, 2.05) is 6.92 Å². The first kappa shape index (κ1) is 8.21. The lowest BCUT2D eigenvalue weighted by atomic mass is 10.6. The first-order valence-corrected chi connectivity index (χ1v) is 3.23. The molecule has 0 N–H and O–H groups in total.